The van der Waals surface area contributed by atoms with Gasteiger partial charge in [0.05, 0.1) is 16.8 Å². The summed E-state index contributed by atoms with van der Waals surface area (Å²) in [5.74, 6) is -0.270. The molecule has 6 nitrogen and oxygen atoms in total. The van der Waals surface area contributed by atoms with Gasteiger partial charge < -0.3 is 0 Å². The summed E-state index contributed by atoms with van der Waals surface area (Å²) in [4.78, 5) is 29.2. The van der Waals surface area contributed by atoms with Gasteiger partial charge in [-0.05, 0) is 56.5 Å². The fourth-order valence-electron chi connectivity index (χ4n) is 3.76. The molecule has 0 aromatic heterocycles. The zero-order valence-corrected chi connectivity index (χ0v) is 14.8. The van der Waals surface area contributed by atoms with Crippen molar-refractivity contribution in [2.45, 2.75) is 31.7 Å². The molecule has 4 rings (SSSR count). The molecule has 0 unspecified atom stereocenters. The summed E-state index contributed by atoms with van der Waals surface area (Å²) in [5, 5.41) is 18.4. The molecule has 1 saturated carbocycles. The maximum Gasteiger partial charge on any atom is 0.336 e. The predicted octanol–water partition coefficient (Wildman–Crippen LogP) is 3.63. The van der Waals surface area contributed by atoms with Crippen molar-refractivity contribution in [3.8, 4) is 12.1 Å². The number of carbonyl (C=O) groups is 2. The van der Waals surface area contributed by atoms with Gasteiger partial charge in [0.2, 0.25) is 0 Å². The van der Waals surface area contributed by atoms with Gasteiger partial charge in [0.1, 0.15) is 17.7 Å². The molecule has 2 aliphatic rings. The third-order valence-corrected chi connectivity index (χ3v) is 5.39. The van der Waals surface area contributed by atoms with Gasteiger partial charge in [0.25, 0.3) is 5.91 Å². The topological polar surface area (TPSA) is 88.2 Å². The third-order valence-electron chi connectivity index (χ3n) is 5.39. The van der Waals surface area contributed by atoms with Gasteiger partial charge in [-0.15, -0.1) is 0 Å². The van der Waals surface area contributed by atoms with Crippen LogP contribution in [-0.2, 0) is 4.79 Å². The average molecular weight is 356 g/mol. The van der Waals surface area contributed by atoms with E-state index in [1.54, 1.807) is 11.0 Å². The van der Waals surface area contributed by atoms with Gasteiger partial charge >= 0.3 is 6.03 Å². The average Bonchev–Trinajstić information content (AvgIpc) is 2.89. The molecule has 2 aromatic carbocycles. The number of anilines is 2. The minimum atomic E-state index is -0.854. The van der Waals surface area contributed by atoms with E-state index >= 15 is 0 Å². The van der Waals surface area contributed by atoms with Gasteiger partial charge in [-0.2, -0.15) is 10.5 Å². The Kier molecular flexibility index (Phi) is 3.71. The number of hydrogen-bond donors (Lipinski definition) is 0. The first kappa shape index (κ1) is 16.8. The summed E-state index contributed by atoms with van der Waals surface area (Å²) < 4.78 is 0. The molecule has 0 atom stereocenters. The molecule has 27 heavy (non-hydrogen) atoms. The molecule has 2 aromatic rings. The lowest BCUT2D eigenvalue weighted by atomic mass is 9.75. The molecular formula is C21H16N4O2. The van der Waals surface area contributed by atoms with Gasteiger partial charge in [0, 0.05) is 5.69 Å². The van der Waals surface area contributed by atoms with Crippen molar-refractivity contribution < 1.29 is 9.59 Å². The summed E-state index contributed by atoms with van der Waals surface area (Å²) in [7, 11) is 0. The second-order valence-electron chi connectivity index (χ2n) is 6.93. The van der Waals surface area contributed by atoms with Gasteiger partial charge in [-0.3, -0.25) is 9.69 Å². The van der Waals surface area contributed by atoms with Crippen molar-refractivity contribution in [1.82, 2.24) is 0 Å². The van der Waals surface area contributed by atoms with Crippen molar-refractivity contribution >= 4 is 23.3 Å². The van der Waals surface area contributed by atoms with Crippen molar-refractivity contribution in [2.24, 2.45) is 0 Å². The number of aryl methyl sites for hydroxylation is 1. The minimum Gasteiger partial charge on any atom is -0.278 e. The summed E-state index contributed by atoms with van der Waals surface area (Å²) in [5.41, 5.74) is 1.59. The van der Waals surface area contributed by atoms with Crippen LogP contribution in [0, 0.1) is 29.6 Å². The molecule has 132 valence electrons. The Morgan fingerprint density at radius 3 is 2.11 bits per heavy atom. The van der Waals surface area contributed by atoms with E-state index < -0.39 is 11.6 Å². The molecule has 0 N–H and O–H groups in total. The van der Waals surface area contributed by atoms with E-state index in [0.717, 1.165) is 16.9 Å². The molecular weight excluding hydrogens is 340 g/mol. The number of hydrogen-bond acceptors (Lipinski definition) is 4. The highest BCUT2D eigenvalue weighted by molar-refractivity contribution is 6.30. The van der Waals surface area contributed by atoms with Gasteiger partial charge in [-0.1, -0.05) is 17.7 Å². The standard InChI is InChI=1S/C21H16N4O2/c1-14-3-6-17(7-4-14)25-20(27)24(19(26)21(25)9-2-10-21)18-8-5-15(12-22)16(11-18)13-23/h3-8,11H,2,9-10H2,1H3. The fraction of sp³-hybridized carbons (Fsp3) is 0.238. The summed E-state index contributed by atoms with van der Waals surface area (Å²) in [6.07, 6.45) is 2.11. The van der Waals surface area contributed by atoms with Crippen LogP contribution < -0.4 is 9.80 Å². The summed E-state index contributed by atoms with van der Waals surface area (Å²) in [6, 6.07) is 15.4. The lowest BCUT2D eigenvalue weighted by Gasteiger charge is -2.42. The summed E-state index contributed by atoms with van der Waals surface area (Å²) in [6.45, 7) is 1.96. The number of urea groups is 1. The highest BCUT2D eigenvalue weighted by atomic mass is 16.2. The number of carbonyl (C=O) groups excluding carboxylic acids is 2. The number of nitriles is 2. The van der Waals surface area contributed by atoms with Gasteiger partial charge in [0.15, 0.2) is 0 Å². The van der Waals surface area contributed by atoms with Crippen LogP contribution in [0.2, 0.25) is 0 Å². The lowest BCUT2D eigenvalue weighted by molar-refractivity contribution is -0.123. The predicted molar refractivity (Wildman–Crippen MR) is 99.0 cm³/mol. The molecule has 1 aliphatic heterocycles. The molecule has 0 bridgehead atoms. The van der Waals surface area contributed by atoms with Crippen molar-refractivity contribution in [1.29, 1.82) is 10.5 Å². The number of nitrogens with zero attached hydrogens (tertiary/aromatic N) is 4. The number of benzene rings is 2. The Bertz CT molecular complexity index is 1040. The van der Waals surface area contributed by atoms with Crippen LogP contribution >= 0.6 is 0 Å². The minimum absolute atomic E-state index is 0.145. The van der Waals surface area contributed by atoms with E-state index in [2.05, 4.69) is 0 Å². The van der Waals surface area contributed by atoms with Crippen molar-refractivity contribution in [2.75, 3.05) is 9.80 Å². The molecule has 6 heteroatoms. The quantitative estimate of drug-likeness (QED) is 0.769. The van der Waals surface area contributed by atoms with E-state index in [-0.39, 0.29) is 17.0 Å². The SMILES string of the molecule is Cc1ccc(N2C(=O)N(c3ccc(C#N)c(C#N)c3)C(=O)C23CCC3)cc1. The van der Waals surface area contributed by atoms with Crippen LogP contribution in [0.1, 0.15) is 36.0 Å². The molecule has 1 spiro atoms. The number of imide groups is 1. The van der Waals surface area contributed by atoms with Crippen LogP contribution in [0.5, 0.6) is 0 Å². The first-order valence-corrected chi connectivity index (χ1v) is 8.71. The normalized spacial score (nSPS) is 17.6. The molecule has 3 amide bonds. The van der Waals surface area contributed by atoms with Crippen LogP contribution in [0.4, 0.5) is 16.2 Å². The zero-order valence-electron chi connectivity index (χ0n) is 14.8. The molecule has 1 aliphatic carbocycles. The Labute approximate surface area is 156 Å². The van der Waals surface area contributed by atoms with E-state index in [0.29, 0.717) is 24.2 Å². The molecule has 1 saturated heterocycles. The highest BCUT2D eigenvalue weighted by Crippen LogP contribution is 2.47. The van der Waals surface area contributed by atoms with Crippen LogP contribution in [0.15, 0.2) is 42.5 Å². The molecule has 2 fully saturated rings. The largest absolute Gasteiger partial charge is 0.336 e. The monoisotopic (exact) mass is 356 g/mol. The maximum atomic E-state index is 13.2. The van der Waals surface area contributed by atoms with Gasteiger partial charge in [-0.25, -0.2) is 9.69 Å². The Balaban J connectivity index is 1.81. The fourth-order valence-corrected chi connectivity index (χ4v) is 3.76. The summed E-state index contributed by atoms with van der Waals surface area (Å²) >= 11 is 0. The van der Waals surface area contributed by atoms with Crippen LogP contribution in [0.3, 0.4) is 0 Å². The van der Waals surface area contributed by atoms with Crippen LogP contribution in [-0.4, -0.2) is 17.5 Å². The first-order chi connectivity index (χ1) is 13.0. The third kappa shape index (κ3) is 2.31. The van der Waals surface area contributed by atoms with E-state index in [9.17, 15) is 14.9 Å². The lowest BCUT2D eigenvalue weighted by Crippen LogP contribution is -2.55. The number of amides is 3. The highest BCUT2D eigenvalue weighted by Gasteiger charge is 2.61. The van der Waals surface area contributed by atoms with E-state index in [1.165, 1.54) is 12.1 Å². The first-order valence-electron chi connectivity index (χ1n) is 8.71. The molecule has 0 radical (unpaired) electrons. The van der Waals surface area contributed by atoms with E-state index in [4.69, 9.17) is 5.26 Å². The van der Waals surface area contributed by atoms with Crippen molar-refractivity contribution in [3.05, 3.63) is 59.2 Å². The molecule has 1 heterocycles. The Morgan fingerprint density at radius 2 is 1.56 bits per heavy atom. The van der Waals surface area contributed by atoms with Crippen LogP contribution in [0.25, 0.3) is 0 Å². The maximum absolute atomic E-state index is 13.2. The van der Waals surface area contributed by atoms with E-state index in [1.807, 2.05) is 43.3 Å². The second kappa shape index (κ2) is 5.96. The number of rotatable bonds is 2. The second-order valence-corrected chi connectivity index (χ2v) is 6.93. The van der Waals surface area contributed by atoms with Crippen molar-refractivity contribution in [3.63, 3.8) is 0 Å². The Hall–Kier alpha value is -3.64. The zero-order chi connectivity index (χ0) is 19.2. The Morgan fingerprint density at radius 1 is 0.926 bits per heavy atom. The smallest absolute Gasteiger partial charge is 0.278 e.